The van der Waals surface area contributed by atoms with Crippen molar-refractivity contribution in [1.82, 2.24) is 19.0 Å². The minimum absolute atomic E-state index is 0.102. The summed E-state index contributed by atoms with van der Waals surface area (Å²) in [7, 11) is -2.32. The first-order chi connectivity index (χ1) is 16.7. The number of amides is 1. The molecule has 0 atom stereocenters. The van der Waals surface area contributed by atoms with E-state index in [0.717, 1.165) is 11.3 Å². The van der Waals surface area contributed by atoms with Gasteiger partial charge >= 0.3 is 0 Å². The Morgan fingerprint density at radius 3 is 2.37 bits per heavy atom. The van der Waals surface area contributed by atoms with Crippen LogP contribution in [0.1, 0.15) is 28.8 Å². The van der Waals surface area contributed by atoms with Crippen molar-refractivity contribution in [2.24, 2.45) is 7.05 Å². The SMILES string of the molecule is Cc1ccc(Cl)cc1N1CCN(S(=O)(=O)c2nn(C)cc2C(=O)N2CCC3(CC2)OCCO3)CC1. The number of carbonyl (C=O) groups excluding carboxylic acids is 1. The molecule has 2 aromatic rings. The highest BCUT2D eigenvalue weighted by Crippen LogP contribution is 2.33. The largest absolute Gasteiger partial charge is 0.369 e. The van der Waals surface area contributed by atoms with E-state index in [1.165, 1.54) is 15.2 Å². The number of halogens is 1. The zero-order valence-electron chi connectivity index (χ0n) is 19.9. The Balaban J connectivity index is 1.30. The number of likely N-dealkylation sites (tertiary alicyclic amines) is 1. The lowest BCUT2D eigenvalue weighted by Crippen LogP contribution is -2.49. The highest BCUT2D eigenvalue weighted by atomic mass is 35.5. The van der Waals surface area contributed by atoms with Gasteiger partial charge in [-0.2, -0.15) is 9.40 Å². The summed E-state index contributed by atoms with van der Waals surface area (Å²) < 4.78 is 41.4. The number of piperazine rings is 1. The van der Waals surface area contributed by atoms with E-state index < -0.39 is 15.8 Å². The van der Waals surface area contributed by atoms with Crippen molar-refractivity contribution < 1.29 is 22.7 Å². The number of nitrogens with zero attached hydrogens (tertiary/aromatic N) is 5. The molecule has 0 N–H and O–H groups in total. The Kier molecular flexibility index (Phi) is 6.56. The Morgan fingerprint density at radius 2 is 1.71 bits per heavy atom. The van der Waals surface area contributed by atoms with E-state index in [4.69, 9.17) is 21.1 Å². The summed E-state index contributed by atoms with van der Waals surface area (Å²) in [5.74, 6) is -0.945. The summed E-state index contributed by atoms with van der Waals surface area (Å²) in [4.78, 5) is 17.2. The maximum absolute atomic E-state index is 13.6. The second-order valence-electron chi connectivity index (χ2n) is 9.24. The molecule has 35 heavy (non-hydrogen) atoms. The van der Waals surface area contributed by atoms with Crippen molar-refractivity contribution >= 4 is 33.2 Å². The van der Waals surface area contributed by atoms with Gasteiger partial charge in [0.2, 0.25) is 5.03 Å². The van der Waals surface area contributed by atoms with Crippen LogP contribution >= 0.6 is 11.6 Å². The van der Waals surface area contributed by atoms with E-state index in [0.29, 0.717) is 70.3 Å². The lowest BCUT2D eigenvalue weighted by atomic mass is 10.0. The van der Waals surface area contributed by atoms with Crippen molar-refractivity contribution in [2.45, 2.75) is 30.6 Å². The van der Waals surface area contributed by atoms with Gasteiger partial charge in [0.1, 0.15) is 0 Å². The average Bonchev–Trinajstić information content (AvgIpc) is 3.48. The fraction of sp³-hybridized carbons (Fsp3) is 0.565. The van der Waals surface area contributed by atoms with Crippen LogP contribution in [0.25, 0.3) is 0 Å². The molecule has 1 spiro atoms. The smallest absolute Gasteiger partial charge is 0.263 e. The highest BCUT2D eigenvalue weighted by Gasteiger charge is 2.42. The fourth-order valence-electron chi connectivity index (χ4n) is 5.03. The maximum atomic E-state index is 13.6. The van der Waals surface area contributed by atoms with Gasteiger partial charge in [0.25, 0.3) is 15.9 Å². The van der Waals surface area contributed by atoms with Crippen molar-refractivity contribution in [1.29, 1.82) is 0 Å². The van der Waals surface area contributed by atoms with Gasteiger partial charge in [-0.25, -0.2) is 8.42 Å². The molecule has 3 fully saturated rings. The van der Waals surface area contributed by atoms with Gasteiger partial charge in [0.05, 0.1) is 18.8 Å². The molecule has 0 radical (unpaired) electrons. The zero-order valence-corrected chi connectivity index (χ0v) is 21.5. The third-order valence-electron chi connectivity index (χ3n) is 6.99. The van der Waals surface area contributed by atoms with E-state index in [1.54, 1.807) is 11.9 Å². The number of aryl methyl sites for hydroxylation is 2. The number of rotatable bonds is 4. The molecule has 190 valence electrons. The van der Waals surface area contributed by atoms with Crippen molar-refractivity contribution in [3.8, 4) is 0 Å². The number of carbonyl (C=O) groups is 1. The summed E-state index contributed by atoms with van der Waals surface area (Å²) in [5.41, 5.74) is 2.19. The van der Waals surface area contributed by atoms with Crippen LogP contribution in [0.5, 0.6) is 0 Å². The average molecular weight is 524 g/mol. The van der Waals surface area contributed by atoms with E-state index >= 15 is 0 Å². The quantitative estimate of drug-likeness (QED) is 0.603. The third kappa shape index (κ3) is 4.67. The van der Waals surface area contributed by atoms with E-state index in [1.807, 2.05) is 25.1 Å². The number of piperidine rings is 1. The molecule has 5 rings (SSSR count). The number of anilines is 1. The summed E-state index contributed by atoms with van der Waals surface area (Å²) in [5, 5.41) is 4.66. The van der Waals surface area contributed by atoms with Gasteiger partial charge in [-0.1, -0.05) is 17.7 Å². The molecule has 1 aromatic carbocycles. The molecular formula is C23H30ClN5O5S. The molecule has 3 aliphatic heterocycles. The first-order valence-corrected chi connectivity index (χ1v) is 13.6. The third-order valence-corrected chi connectivity index (χ3v) is 9.06. The van der Waals surface area contributed by atoms with Gasteiger partial charge in [-0.15, -0.1) is 0 Å². The Morgan fingerprint density at radius 1 is 1.06 bits per heavy atom. The van der Waals surface area contributed by atoms with Gasteiger partial charge in [-0.05, 0) is 24.6 Å². The minimum Gasteiger partial charge on any atom is -0.369 e. The van der Waals surface area contributed by atoms with Crippen LogP contribution in [-0.2, 0) is 26.5 Å². The standard InChI is InChI=1S/C23H30ClN5O5S/c1-17-3-4-18(24)15-20(17)27-9-11-29(12-10-27)35(31,32)21-19(16-26(2)25-21)22(30)28-7-5-23(6-8-28)33-13-14-34-23/h3-4,15-16H,5-14H2,1-2H3. The molecular weight excluding hydrogens is 494 g/mol. The molecule has 12 heteroatoms. The Bertz CT molecular complexity index is 1210. The maximum Gasteiger partial charge on any atom is 0.263 e. The zero-order chi connectivity index (χ0) is 24.8. The summed E-state index contributed by atoms with van der Waals surface area (Å²) in [6, 6.07) is 5.71. The second kappa shape index (κ2) is 9.36. The van der Waals surface area contributed by atoms with E-state index in [2.05, 4.69) is 10.00 Å². The first-order valence-electron chi connectivity index (χ1n) is 11.8. The number of hydrogen-bond donors (Lipinski definition) is 0. The van der Waals surface area contributed by atoms with E-state index in [9.17, 15) is 13.2 Å². The van der Waals surface area contributed by atoms with Crippen LogP contribution in [0.15, 0.2) is 29.4 Å². The highest BCUT2D eigenvalue weighted by molar-refractivity contribution is 7.89. The predicted octanol–water partition coefficient (Wildman–Crippen LogP) is 1.87. The molecule has 0 bridgehead atoms. The topological polar surface area (TPSA) is 97.2 Å². The normalized spacial score (nSPS) is 21.1. The number of ether oxygens (including phenoxy) is 2. The number of benzene rings is 1. The van der Waals surface area contributed by atoms with Crippen LogP contribution in [0.2, 0.25) is 5.02 Å². The van der Waals surface area contributed by atoms with Crippen LogP contribution in [0.4, 0.5) is 5.69 Å². The van der Waals surface area contributed by atoms with Crippen LogP contribution in [0, 0.1) is 6.92 Å². The summed E-state index contributed by atoms with van der Waals surface area (Å²) >= 11 is 6.17. The van der Waals surface area contributed by atoms with Gasteiger partial charge in [0, 0.05) is 76.1 Å². The molecule has 1 aromatic heterocycles. The van der Waals surface area contributed by atoms with Crippen LogP contribution in [0.3, 0.4) is 0 Å². The van der Waals surface area contributed by atoms with Crippen molar-refractivity contribution in [2.75, 3.05) is 57.4 Å². The van der Waals surface area contributed by atoms with Gasteiger partial charge < -0.3 is 19.3 Å². The van der Waals surface area contributed by atoms with Gasteiger partial charge in [0.15, 0.2) is 5.79 Å². The molecule has 10 nitrogen and oxygen atoms in total. The number of aromatic nitrogens is 2. The molecule has 3 saturated heterocycles. The summed E-state index contributed by atoms with van der Waals surface area (Å²) in [6.45, 7) is 5.62. The fourth-order valence-corrected chi connectivity index (χ4v) is 6.73. The molecule has 0 aliphatic carbocycles. The van der Waals surface area contributed by atoms with Crippen LogP contribution in [-0.4, -0.2) is 91.6 Å². The Hall–Kier alpha value is -2.18. The minimum atomic E-state index is -3.95. The van der Waals surface area contributed by atoms with Crippen LogP contribution < -0.4 is 4.90 Å². The number of sulfonamides is 1. The van der Waals surface area contributed by atoms with E-state index in [-0.39, 0.29) is 16.5 Å². The molecule has 4 heterocycles. The Labute approximate surface area is 210 Å². The monoisotopic (exact) mass is 523 g/mol. The second-order valence-corrected chi connectivity index (χ2v) is 11.5. The lowest BCUT2D eigenvalue weighted by Gasteiger charge is -2.37. The first kappa shape index (κ1) is 24.5. The molecule has 3 aliphatic rings. The predicted molar refractivity (Wildman–Crippen MR) is 130 cm³/mol. The molecule has 0 unspecified atom stereocenters. The number of hydrogen-bond acceptors (Lipinski definition) is 7. The molecule has 1 amide bonds. The van der Waals surface area contributed by atoms with Gasteiger partial charge in [-0.3, -0.25) is 9.48 Å². The molecule has 0 saturated carbocycles. The summed E-state index contributed by atoms with van der Waals surface area (Å²) in [6.07, 6.45) is 2.62. The lowest BCUT2D eigenvalue weighted by molar-refractivity contribution is -0.181. The van der Waals surface area contributed by atoms with Crippen molar-refractivity contribution in [3.05, 3.63) is 40.5 Å². The van der Waals surface area contributed by atoms with Crippen molar-refractivity contribution in [3.63, 3.8) is 0 Å².